The van der Waals surface area contributed by atoms with Crippen molar-refractivity contribution in [2.75, 3.05) is 24.5 Å². The van der Waals surface area contributed by atoms with Gasteiger partial charge < -0.3 is 29.4 Å². The molecular formula is C35H52N4O5. The van der Waals surface area contributed by atoms with Crippen LogP contribution >= 0.6 is 0 Å². The number of morpholine rings is 1. The number of rotatable bonds is 9. The van der Waals surface area contributed by atoms with Crippen molar-refractivity contribution in [1.29, 1.82) is 0 Å². The van der Waals surface area contributed by atoms with Crippen molar-refractivity contribution in [2.45, 2.75) is 130 Å². The number of hydrogen-bond acceptors (Lipinski definition) is 7. The van der Waals surface area contributed by atoms with Crippen molar-refractivity contribution in [3.63, 3.8) is 0 Å². The van der Waals surface area contributed by atoms with Gasteiger partial charge in [-0.05, 0) is 91.5 Å². The number of aryl methyl sites for hydroxylation is 2. The molecule has 44 heavy (non-hydrogen) atoms. The van der Waals surface area contributed by atoms with Gasteiger partial charge in [-0.3, -0.25) is 14.5 Å². The Kier molecular flexibility index (Phi) is 10.1. The number of hydrogen-bond donors (Lipinski definition) is 2. The van der Waals surface area contributed by atoms with Crippen LogP contribution in [-0.2, 0) is 16.0 Å². The van der Waals surface area contributed by atoms with Crippen LogP contribution in [0.15, 0.2) is 23.0 Å². The van der Waals surface area contributed by atoms with Crippen LogP contribution in [0.5, 0.6) is 5.75 Å². The summed E-state index contributed by atoms with van der Waals surface area (Å²) in [5, 5.41) is 3.03. The van der Waals surface area contributed by atoms with Crippen LogP contribution in [0.25, 0.3) is 0 Å². The monoisotopic (exact) mass is 608 g/mol. The van der Waals surface area contributed by atoms with Crippen LogP contribution in [0, 0.1) is 20.8 Å². The SMILES string of the molecule is CCN(c1cc(OC2CC(N3C[C@@H](C)O[C@@H](C)C3)C2)cc(C(=O)NCc2c(C)cc(C)[nH]c2=O)c1C)C1C[C@@H](C)O[C@@H](C)C1. The predicted molar refractivity (Wildman–Crippen MR) is 174 cm³/mol. The van der Waals surface area contributed by atoms with Crippen molar-refractivity contribution in [3.05, 3.63) is 56.5 Å². The van der Waals surface area contributed by atoms with E-state index >= 15 is 0 Å². The molecule has 0 spiro atoms. The van der Waals surface area contributed by atoms with Gasteiger partial charge in [0.15, 0.2) is 0 Å². The van der Waals surface area contributed by atoms with Crippen molar-refractivity contribution in [3.8, 4) is 5.75 Å². The third-order valence-electron chi connectivity index (χ3n) is 9.62. The molecule has 5 atom stereocenters. The summed E-state index contributed by atoms with van der Waals surface area (Å²) in [7, 11) is 0. The Bertz CT molecular complexity index is 1370. The van der Waals surface area contributed by atoms with Crippen LogP contribution < -0.4 is 20.5 Å². The predicted octanol–water partition coefficient (Wildman–Crippen LogP) is 5.03. The van der Waals surface area contributed by atoms with Crippen LogP contribution in [0.3, 0.4) is 0 Å². The molecule has 3 heterocycles. The number of amides is 1. The third kappa shape index (κ3) is 7.32. The first-order chi connectivity index (χ1) is 20.9. The van der Waals surface area contributed by atoms with Crippen LogP contribution in [0.1, 0.15) is 93.0 Å². The Morgan fingerprint density at radius 1 is 0.977 bits per heavy atom. The highest BCUT2D eigenvalue weighted by Crippen LogP contribution is 2.37. The fraction of sp³-hybridized carbons (Fsp3) is 0.657. The Morgan fingerprint density at radius 2 is 1.61 bits per heavy atom. The molecule has 9 heteroatoms. The summed E-state index contributed by atoms with van der Waals surface area (Å²) in [6.45, 7) is 19.4. The molecule has 3 aliphatic rings. The van der Waals surface area contributed by atoms with E-state index in [1.54, 1.807) is 0 Å². The smallest absolute Gasteiger partial charge is 0.253 e. The molecule has 9 nitrogen and oxygen atoms in total. The standard InChI is InChI=1S/C35H52N4O5/c1-9-39(28-11-22(4)42-23(5)12-28)33-16-30(44-29-13-27(14-29)38-18-24(6)43-25(7)19-38)15-31(26(33)8)34(40)36-17-32-20(2)10-21(3)37-35(32)41/h10,15-16,22-25,27-29H,9,11-14,17-19H2,1-8H3,(H,36,40)(H,37,41)/t22-,23+,24-,25+,27?,28?,29?. The average Bonchev–Trinajstić information content (AvgIpc) is 2.90. The van der Waals surface area contributed by atoms with Crippen LogP contribution in [-0.4, -0.2) is 78.0 Å². The number of carbonyl (C=O) groups is 1. The molecule has 2 saturated heterocycles. The number of benzene rings is 1. The van der Waals surface area contributed by atoms with Gasteiger partial charge in [0.1, 0.15) is 11.9 Å². The maximum Gasteiger partial charge on any atom is 0.253 e. The number of nitrogens with one attached hydrogen (secondary N) is 2. The molecule has 1 saturated carbocycles. The van der Waals surface area contributed by atoms with E-state index in [0.717, 1.165) is 73.6 Å². The lowest BCUT2D eigenvalue weighted by Crippen LogP contribution is -2.56. The molecule has 1 aromatic carbocycles. The summed E-state index contributed by atoms with van der Waals surface area (Å²) in [6.07, 6.45) is 4.73. The lowest BCUT2D eigenvalue weighted by molar-refractivity contribution is -0.103. The second-order valence-electron chi connectivity index (χ2n) is 13.5. The van der Waals surface area contributed by atoms with E-state index in [9.17, 15) is 9.59 Å². The largest absolute Gasteiger partial charge is 0.490 e. The van der Waals surface area contributed by atoms with E-state index in [-0.39, 0.29) is 48.5 Å². The van der Waals surface area contributed by atoms with Gasteiger partial charge in [-0.2, -0.15) is 0 Å². The molecule has 0 bridgehead atoms. The van der Waals surface area contributed by atoms with Gasteiger partial charge in [0.2, 0.25) is 0 Å². The number of aromatic amines is 1. The lowest BCUT2D eigenvalue weighted by Gasteiger charge is -2.47. The van der Waals surface area contributed by atoms with E-state index < -0.39 is 0 Å². The van der Waals surface area contributed by atoms with Gasteiger partial charge in [-0.1, -0.05) is 0 Å². The number of ether oxygens (including phenoxy) is 3. The zero-order valence-electron chi connectivity index (χ0n) is 27.9. The molecule has 1 unspecified atom stereocenters. The van der Waals surface area contributed by atoms with Gasteiger partial charge in [-0.15, -0.1) is 0 Å². The molecule has 1 aromatic heterocycles. The minimum absolute atomic E-state index is 0.104. The first-order valence-corrected chi connectivity index (χ1v) is 16.5. The summed E-state index contributed by atoms with van der Waals surface area (Å²) >= 11 is 0. The number of H-pyrrole nitrogens is 1. The molecule has 242 valence electrons. The highest BCUT2D eigenvalue weighted by atomic mass is 16.5. The van der Waals surface area contributed by atoms with Gasteiger partial charge in [-0.25, -0.2) is 0 Å². The molecule has 5 rings (SSSR count). The number of carbonyl (C=O) groups excluding carboxylic acids is 1. The summed E-state index contributed by atoms with van der Waals surface area (Å²) in [4.78, 5) is 34.2. The molecule has 0 radical (unpaired) electrons. The molecular weight excluding hydrogens is 556 g/mol. The minimum atomic E-state index is -0.207. The molecule has 2 N–H and O–H groups in total. The average molecular weight is 609 g/mol. The molecule has 2 aromatic rings. The zero-order valence-corrected chi connectivity index (χ0v) is 27.9. The Balaban J connectivity index is 1.39. The van der Waals surface area contributed by atoms with Crippen molar-refractivity contribution < 1.29 is 19.0 Å². The summed E-state index contributed by atoms with van der Waals surface area (Å²) in [5.74, 6) is 0.514. The van der Waals surface area contributed by atoms with Gasteiger partial charge in [0.05, 0.1) is 24.4 Å². The van der Waals surface area contributed by atoms with Crippen molar-refractivity contribution in [2.24, 2.45) is 0 Å². The number of anilines is 1. The summed E-state index contributed by atoms with van der Waals surface area (Å²) < 4.78 is 18.6. The number of aromatic nitrogens is 1. The zero-order chi connectivity index (χ0) is 31.7. The molecule has 2 aliphatic heterocycles. The second-order valence-corrected chi connectivity index (χ2v) is 13.5. The molecule has 1 aliphatic carbocycles. The fourth-order valence-electron chi connectivity index (χ4n) is 7.53. The van der Waals surface area contributed by atoms with E-state index in [1.807, 2.05) is 32.9 Å². The van der Waals surface area contributed by atoms with E-state index in [1.165, 1.54) is 0 Å². The Hall–Kier alpha value is -2.88. The van der Waals surface area contributed by atoms with Crippen molar-refractivity contribution >= 4 is 11.6 Å². The third-order valence-corrected chi connectivity index (χ3v) is 9.62. The maximum atomic E-state index is 13.8. The number of nitrogens with zero attached hydrogens (tertiary/aromatic N) is 2. The Morgan fingerprint density at radius 3 is 2.23 bits per heavy atom. The van der Waals surface area contributed by atoms with Gasteiger partial charge in [0.25, 0.3) is 11.5 Å². The fourth-order valence-corrected chi connectivity index (χ4v) is 7.53. The highest BCUT2D eigenvalue weighted by molar-refractivity contribution is 5.97. The normalized spacial score (nSPS) is 29.1. The van der Waals surface area contributed by atoms with Crippen LogP contribution in [0.4, 0.5) is 5.69 Å². The van der Waals surface area contributed by atoms with Gasteiger partial charge in [0, 0.05) is 79.7 Å². The minimum Gasteiger partial charge on any atom is -0.490 e. The van der Waals surface area contributed by atoms with Crippen molar-refractivity contribution in [1.82, 2.24) is 15.2 Å². The molecule has 3 fully saturated rings. The topological polar surface area (TPSA) is 96.1 Å². The highest BCUT2D eigenvalue weighted by Gasteiger charge is 2.38. The van der Waals surface area contributed by atoms with Crippen LogP contribution in [0.2, 0.25) is 0 Å². The quantitative estimate of drug-likeness (QED) is 0.412. The van der Waals surface area contributed by atoms with E-state index in [4.69, 9.17) is 14.2 Å². The van der Waals surface area contributed by atoms with Gasteiger partial charge >= 0.3 is 0 Å². The summed E-state index contributed by atoms with van der Waals surface area (Å²) in [5.41, 5.74) is 4.60. The number of pyridine rings is 1. The first-order valence-electron chi connectivity index (χ1n) is 16.5. The first kappa shape index (κ1) is 32.5. The Labute approximate surface area is 262 Å². The second kappa shape index (κ2) is 13.6. The maximum absolute atomic E-state index is 13.8. The summed E-state index contributed by atoms with van der Waals surface area (Å²) in [6, 6.07) is 6.74. The van der Waals surface area contributed by atoms with E-state index in [0.29, 0.717) is 23.2 Å². The lowest BCUT2D eigenvalue weighted by atomic mass is 9.87. The molecule has 1 amide bonds. The van der Waals surface area contributed by atoms with E-state index in [2.05, 4.69) is 60.8 Å².